The van der Waals surface area contributed by atoms with Gasteiger partial charge in [-0.15, -0.1) is 11.3 Å². The quantitative estimate of drug-likeness (QED) is 0.930. The fourth-order valence-corrected chi connectivity index (χ4v) is 3.81. The second kappa shape index (κ2) is 6.76. The van der Waals surface area contributed by atoms with Crippen molar-refractivity contribution in [1.82, 2.24) is 10.2 Å². The van der Waals surface area contributed by atoms with Crippen molar-refractivity contribution < 1.29 is 13.6 Å². The van der Waals surface area contributed by atoms with Gasteiger partial charge in [0.1, 0.15) is 0 Å². The van der Waals surface area contributed by atoms with Crippen molar-refractivity contribution in [2.45, 2.75) is 24.9 Å². The molecule has 0 aliphatic carbocycles. The first-order valence-electron chi connectivity index (χ1n) is 7.51. The van der Waals surface area contributed by atoms with E-state index in [1.807, 2.05) is 24.6 Å². The summed E-state index contributed by atoms with van der Waals surface area (Å²) in [5.74, 6) is -1.75. The summed E-state index contributed by atoms with van der Waals surface area (Å²) in [5, 5.41) is 4.98. The highest BCUT2D eigenvalue weighted by Gasteiger charge is 2.34. The van der Waals surface area contributed by atoms with Crippen LogP contribution in [0, 0.1) is 11.6 Å². The van der Waals surface area contributed by atoms with Gasteiger partial charge in [-0.05, 0) is 42.6 Å². The highest BCUT2D eigenvalue weighted by Crippen LogP contribution is 2.31. The summed E-state index contributed by atoms with van der Waals surface area (Å²) in [5.41, 5.74) is 0.685. The predicted molar refractivity (Wildman–Crippen MR) is 86.3 cm³/mol. The number of carbonyl (C=O) groups excluding carboxylic acids is 1. The summed E-state index contributed by atoms with van der Waals surface area (Å²) < 4.78 is 26.7. The lowest BCUT2D eigenvalue weighted by Gasteiger charge is -2.26. The minimum Gasteiger partial charge on any atom is -0.351 e. The Morgan fingerprint density at radius 1 is 1.35 bits per heavy atom. The molecule has 1 aromatic heterocycles. The van der Waals surface area contributed by atoms with Crippen LogP contribution in [-0.4, -0.2) is 30.4 Å². The van der Waals surface area contributed by atoms with Gasteiger partial charge in [-0.1, -0.05) is 12.1 Å². The average molecular weight is 336 g/mol. The molecule has 23 heavy (non-hydrogen) atoms. The summed E-state index contributed by atoms with van der Waals surface area (Å²) in [4.78, 5) is 15.3. The first-order valence-corrected chi connectivity index (χ1v) is 8.39. The lowest BCUT2D eigenvalue weighted by atomic mass is 9.99. The molecule has 1 aromatic carbocycles. The largest absolute Gasteiger partial charge is 0.351 e. The Hall–Kier alpha value is -1.79. The van der Waals surface area contributed by atoms with Crippen LogP contribution in [0.15, 0.2) is 35.7 Å². The van der Waals surface area contributed by atoms with Crippen LogP contribution in [-0.2, 0) is 11.2 Å². The van der Waals surface area contributed by atoms with Crippen molar-refractivity contribution in [3.05, 3.63) is 57.8 Å². The number of rotatable bonds is 4. The van der Waals surface area contributed by atoms with Gasteiger partial charge in [-0.3, -0.25) is 9.69 Å². The molecule has 1 saturated heterocycles. The highest BCUT2D eigenvalue weighted by atomic mass is 32.1. The number of hydrogen-bond acceptors (Lipinski definition) is 3. The van der Waals surface area contributed by atoms with Gasteiger partial charge in [-0.25, -0.2) is 8.78 Å². The van der Waals surface area contributed by atoms with E-state index < -0.39 is 11.6 Å². The predicted octanol–water partition coefficient (Wildman–Crippen LogP) is 3.13. The topological polar surface area (TPSA) is 32.3 Å². The minimum atomic E-state index is -0.855. The number of nitrogens with one attached hydrogen (secondary N) is 1. The lowest BCUT2D eigenvalue weighted by Crippen LogP contribution is -2.39. The number of benzene rings is 1. The van der Waals surface area contributed by atoms with Crippen LogP contribution in [0.2, 0.25) is 0 Å². The summed E-state index contributed by atoms with van der Waals surface area (Å²) in [6, 6.07) is 7.55. The molecule has 6 heteroatoms. The van der Waals surface area contributed by atoms with Crippen molar-refractivity contribution in [2.24, 2.45) is 0 Å². The van der Waals surface area contributed by atoms with Crippen molar-refractivity contribution in [3.63, 3.8) is 0 Å². The molecule has 1 aliphatic heterocycles. The molecule has 1 N–H and O–H groups in total. The highest BCUT2D eigenvalue weighted by molar-refractivity contribution is 7.10. The number of nitrogens with zero attached hydrogens (tertiary/aromatic N) is 1. The molecule has 0 unspecified atom stereocenters. The molecule has 1 amide bonds. The molecule has 0 saturated carbocycles. The maximum absolute atomic E-state index is 13.5. The van der Waals surface area contributed by atoms with E-state index in [1.54, 1.807) is 17.4 Å². The van der Waals surface area contributed by atoms with Crippen LogP contribution in [0.4, 0.5) is 8.78 Å². The Morgan fingerprint density at radius 3 is 2.87 bits per heavy atom. The van der Waals surface area contributed by atoms with E-state index in [-0.39, 0.29) is 18.0 Å². The Labute approximate surface area is 137 Å². The first-order chi connectivity index (χ1) is 11.0. The van der Waals surface area contributed by atoms with Crippen LogP contribution in [0.25, 0.3) is 0 Å². The fraction of sp³-hybridized carbons (Fsp3) is 0.353. The monoisotopic (exact) mass is 336 g/mol. The number of likely N-dealkylation sites (N-methyl/N-ethyl adjacent to an activating group) is 1. The van der Waals surface area contributed by atoms with Crippen molar-refractivity contribution in [2.75, 3.05) is 13.6 Å². The standard InChI is InChI=1S/C17H18F2N2OS/c1-21-7-6-15(20-16(22)10-12-3-2-8-23-12)17(21)11-4-5-13(18)14(19)9-11/h2-5,8-9,15,17H,6-7,10H2,1H3,(H,20,22)/t15-,17+/m0/s1. The van der Waals surface area contributed by atoms with Gasteiger partial charge >= 0.3 is 0 Å². The zero-order valence-corrected chi connectivity index (χ0v) is 13.6. The zero-order chi connectivity index (χ0) is 16.4. The van der Waals surface area contributed by atoms with Crippen LogP contribution < -0.4 is 5.32 Å². The van der Waals surface area contributed by atoms with Gasteiger partial charge in [-0.2, -0.15) is 0 Å². The van der Waals surface area contributed by atoms with Gasteiger partial charge in [0, 0.05) is 17.5 Å². The van der Waals surface area contributed by atoms with Gasteiger partial charge in [0.05, 0.1) is 12.5 Å². The summed E-state index contributed by atoms with van der Waals surface area (Å²) >= 11 is 1.55. The van der Waals surface area contributed by atoms with E-state index >= 15 is 0 Å². The lowest BCUT2D eigenvalue weighted by molar-refractivity contribution is -0.121. The number of likely N-dealkylation sites (tertiary alicyclic amines) is 1. The Morgan fingerprint density at radius 2 is 2.17 bits per heavy atom. The van der Waals surface area contributed by atoms with Crippen molar-refractivity contribution in [3.8, 4) is 0 Å². The van der Waals surface area contributed by atoms with E-state index in [9.17, 15) is 13.6 Å². The maximum atomic E-state index is 13.5. The molecule has 0 spiro atoms. The normalized spacial score (nSPS) is 21.5. The van der Waals surface area contributed by atoms with Crippen LogP contribution in [0.5, 0.6) is 0 Å². The van der Waals surface area contributed by atoms with E-state index in [0.717, 1.165) is 23.9 Å². The molecular formula is C17H18F2N2OS. The molecule has 3 nitrogen and oxygen atoms in total. The Kier molecular flexibility index (Phi) is 4.73. The minimum absolute atomic E-state index is 0.0414. The third-order valence-electron chi connectivity index (χ3n) is 4.20. The van der Waals surface area contributed by atoms with E-state index in [0.29, 0.717) is 12.0 Å². The molecule has 2 heterocycles. The smallest absolute Gasteiger partial charge is 0.225 e. The average Bonchev–Trinajstić information content (AvgIpc) is 3.12. The summed E-state index contributed by atoms with van der Waals surface area (Å²) in [6.45, 7) is 0.799. The first kappa shape index (κ1) is 16.1. The molecule has 2 atom stereocenters. The summed E-state index contributed by atoms with van der Waals surface area (Å²) in [7, 11) is 1.93. The molecule has 0 bridgehead atoms. The molecule has 1 aliphatic rings. The number of hydrogen-bond donors (Lipinski definition) is 1. The van der Waals surface area contributed by atoms with Crippen molar-refractivity contribution in [1.29, 1.82) is 0 Å². The molecule has 122 valence electrons. The van der Waals surface area contributed by atoms with Crippen LogP contribution >= 0.6 is 11.3 Å². The maximum Gasteiger partial charge on any atom is 0.225 e. The summed E-state index contributed by atoms with van der Waals surface area (Å²) in [6.07, 6.45) is 1.14. The number of halogens is 2. The molecule has 2 aromatic rings. The molecule has 1 fully saturated rings. The number of amides is 1. The van der Waals surface area contributed by atoms with Crippen molar-refractivity contribution >= 4 is 17.2 Å². The Balaban J connectivity index is 1.73. The number of carbonyl (C=O) groups is 1. The second-order valence-electron chi connectivity index (χ2n) is 5.82. The van der Waals surface area contributed by atoms with Gasteiger partial charge in [0.15, 0.2) is 11.6 Å². The van der Waals surface area contributed by atoms with Gasteiger partial charge in [0.25, 0.3) is 0 Å². The van der Waals surface area contributed by atoms with Gasteiger partial charge < -0.3 is 5.32 Å². The van der Waals surface area contributed by atoms with E-state index in [4.69, 9.17) is 0 Å². The van der Waals surface area contributed by atoms with Crippen LogP contribution in [0.1, 0.15) is 22.9 Å². The third-order valence-corrected chi connectivity index (χ3v) is 5.07. The SMILES string of the molecule is CN1CC[C@H](NC(=O)Cc2cccs2)[C@H]1c1ccc(F)c(F)c1. The number of thiophene rings is 1. The van der Waals surface area contributed by atoms with E-state index in [1.165, 1.54) is 6.07 Å². The Bertz CT molecular complexity index is 690. The van der Waals surface area contributed by atoms with Crippen LogP contribution in [0.3, 0.4) is 0 Å². The molecule has 3 rings (SSSR count). The molecular weight excluding hydrogens is 318 g/mol. The third kappa shape index (κ3) is 3.59. The van der Waals surface area contributed by atoms with E-state index in [2.05, 4.69) is 10.2 Å². The molecule has 0 radical (unpaired) electrons. The van der Waals surface area contributed by atoms with Gasteiger partial charge in [0.2, 0.25) is 5.91 Å². The second-order valence-corrected chi connectivity index (χ2v) is 6.85. The zero-order valence-electron chi connectivity index (χ0n) is 12.8. The fourth-order valence-electron chi connectivity index (χ4n) is 3.11.